The number of aliphatic hydroxyl groups is 1. The van der Waals surface area contributed by atoms with Crippen LogP contribution in [0.5, 0.6) is 17.2 Å². The monoisotopic (exact) mass is 260 g/mol. The van der Waals surface area contributed by atoms with Crippen LogP contribution in [0.25, 0.3) is 0 Å². The lowest BCUT2D eigenvalue weighted by Gasteiger charge is -2.15. The van der Waals surface area contributed by atoms with Gasteiger partial charge < -0.3 is 19.7 Å². The average molecular weight is 260 g/mol. The largest absolute Gasteiger partial charge is 0.502 e. The maximum atomic E-state index is 10.3. The van der Waals surface area contributed by atoms with Gasteiger partial charge in [0.15, 0.2) is 11.5 Å². The molecule has 0 aliphatic heterocycles. The zero-order valence-electron chi connectivity index (χ0n) is 10.8. The van der Waals surface area contributed by atoms with Gasteiger partial charge in [-0.1, -0.05) is 30.3 Å². The molecule has 2 aromatic carbocycles. The van der Waals surface area contributed by atoms with Crippen molar-refractivity contribution in [3.05, 3.63) is 53.6 Å². The van der Waals surface area contributed by atoms with Crippen LogP contribution in [0.3, 0.4) is 0 Å². The van der Waals surface area contributed by atoms with Crippen molar-refractivity contribution in [1.29, 1.82) is 0 Å². The number of ether oxygens (including phenoxy) is 2. The van der Waals surface area contributed by atoms with Crippen LogP contribution in [-0.2, 0) is 0 Å². The van der Waals surface area contributed by atoms with Gasteiger partial charge in [0.1, 0.15) is 6.10 Å². The summed E-state index contributed by atoms with van der Waals surface area (Å²) in [5, 5.41) is 20.2. The molecule has 2 aromatic rings. The van der Waals surface area contributed by atoms with Crippen molar-refractivity contribution in [1.82, 2.24) is 0 Å². The molecule has 2 N–H and O–H groups in total. The van der Waals surface area contributed by atoms with E-state index in [4.69, 9.17) is 9.47 Å². The van der Waals surface area contributed by atoms with Gasteiger partial charge in [0.2, 0.25) is 5.75 Å². The quantitative estimate of drug-likeness (QED) is 0.886. The third-order valence-electron chi connectivity index (χ3n) is 2.93. The van der Waals surface area contributed by atoms with Crippen LogP contribution >= 0.6 is 0 Å². The Balaban J connectivity index is 2.45. The fourth-order valence-electron chi connectivity index (χ4n) is 1.90. The summed E-state index contributed by atoms with van der Waals surface area (Å²) in [6.07, 6.45) is -0.801. The standard InChI is InChI=1S/C15H16O4/c1-18-12-8-11(9-13(19-2)15(12)17)14(16)10-6-4-3-5-7-10/h3-9,14,16-17H,1-2H3/t14-/m0/s1. The van der Waals surface area contributed by atoms with Crippen molar-refractivity contribution in [3.63, 3.8) is 0 Å². The van der Waals surface area contributed by atoms with Crippen LogP contribution in [0.4, 0.5) is 0 Å². The van der Waals surface area contributed by atoms with Crippen LogP contribution in [0.1, 0.15) is 17.2 Å². The number of methoxy groups -OCH3 is 2. The molecule has 0 bridgehead atoms. The Bertz CT molecular complexity index is 526. The summed E-state index contributed by atoms with van der Waals surface area (Å²) in [6, 6.07) is 12.4. The fourth-order valence-corrected chi connectivity index (χ4v) is 1.90. The second kappa shape index (κ2) is 5.63. The van der Waals surface area contributed by atoms with E-state index < -0.39 is 6.10 Å². The Hall–Kier alpha value is -2.20. The van der Waals surface area contributed by atoms with E-state index in [2.05, 4.69) is 0 Å². The van der Waals surface area contributed by atoms with Gasteiger partial charge >= 0.3 is 0 Å². The molecule has 1 atom stereocenters. The third kappa shape index (κ3) is 2.63. The molecule has 0 radical (unpaired) electrons. The number of hydrogen-bond donors (Lipinski definition) is 2. The lowest BCUT2D eigenvalue weighted by molar-refractivity contribution is 0.218. The van der Waals surface area contributed by atoms with Gasteiger partial charge in [-0.05, 0) is 23.3 Å². The minimum atomic E-state index is -0.801. The van der Waals surface area contributed by atoms with Gasteiger partial charge in [0.05, 0.1) is 14.2 Å². The molecule has 0 aliphatic carbocycles. The maximum absolute atomic E-state index is 10.3. The highest BCUT2D eigenvalue weighted by molar-refractivity contribution is 5.54. The lowest BCUT2D eigenvalue weighted by atomic mass is 10.0. The first-order valence-electron chi connectivity index (χ1n) is 5.85. The van der Waals surface area contributed by atoms with Crippen molar-refractivity contribution in [2.75, 3.05) is 14.2 Å². The van der Waals surface area contributed by atoms with Crippen LogP contribution < -0.4 is 9.47 Å². The summed E-state index contributed by atoms with van der Waals surface area (Å²) in [4.78, 5) is 0. The normalized spacial score (nSPS) is 11.9. The smallest absolute Gasteiger partial charge is 0.200 e. The molecule has 0 spiro atoms. The highest BCUT2D eigenvalue weighted by atomic mass is 16.5. The minimum Gasteiger partial charge on any atom is -0.502 e. The van der Waals surface area contributed by atoms with E-state index in [0.29, 0.717) is 5.56 Å². The molecule has 0 fully saturated rings. The summed E-state index contributed by atoms with van der Waals surface area (Å²) in [6.45, 7) is 0. The molecule has 100 valence electrons. The number of hydrogen-bond acceptors (Lipinski definition) is 4. The van der Waals surface area contributed by atoms with Crippen molar-refractivity contribution < 1.29 is 19.7 Å². The second-order valence-corrected chi connectivity index (χ2v) is 4.09. The van der Waals surface area contributed by atoms with E-state index in [1.54, 1.807) is 12.1 Å². The number of phenols is 1. The molecule has 2 rings (SSSR count). The van der Waals surface area contributed by atoms with E-state index in [-0.39, 0.29) is 17.2 Å². The molecule has 19 heavy (non-hydrogen) atoms. The first kappa shape index (κ1) is 13.2. The summed E-state index contributed by atoms with van der Waals surface area (Å²) in [5.41, 5.74) is 1.36. The Morgan fingerprint density at radius 2 is 1.42 bits per heavy atom. The lowest BCUT2D eigenvalue weighted by Crippen LogP contribution is -2.01. The van der Waals surface area contributed by atoms with Crippen LogP contribution in [0.2, 0.25) is 0 Å². The van der Waals surface area contributed by atoms with Gasteiger partial charge in [0, 0.05) is 0 Å². The van der Waals surface area contributed by atoms with E-state index >= 15 is 0 Å². The predicted molar refractivity (Wildman–Crippen MR) is 71.7 cm³/mol. The number of benzene rings is 2. The summed E-state index contributed by atoms with van der Waals surface area (Å²) >= 11 is 0. The Morgan fingerprint density at radius 1 is 0.895 bits per heavy atom. The molecular weight excluding hydrogens is 244 g/mol. The molecule has 4 nitrogen and oxygen atoms in total. The van der Waals surface area contributed by atoms with Gasteiger partial charge in [-0.25, -0.2) is 0 Å². The molecule has 0 unspecified atom stereocenters. The number of phenolic OH excluding ortho intramolecular Hbond substituents is 1. The summed E-state index contributed by atoms with van der Waals surface area (Å²) < 4.78 is 10.1. The predicted octanol–water partition coefficient (Wildman–Crippen LogP) is 2.49. The fraction of sp³-hybridized carbons (Fsp3) is 0.200. The topological polar surface area (TPSA) is 58.9 Å². The third-order valence-corrected chi connectivity index (χ3v) is 2.93. The summed E-state index contributed by atoms with van der Waals surface area (Å²) in [5.74, 6) is 0.461. The van der Waals surface area contributed by atoms with Crippen molar-refractivity contribution in [2.45, 2.75) is 6.10 Å². The van der Waals surface area contributed by atoms with Crippen LogP contribution in [0.15, 0.2) is 42.5 Å². The summed E-state index contributed by atoms with van der Waals surface area (Å²) in [7, 11) is 2.90. The Labute approximate surface area is 111 Å². The van der Waals surface area contributed by atoms with Gasteiger partial charge in [-0.2, -0.15) is 0 Å². The molecule has 0 aromatic heterocycles. The Kier molecular flexibility index (Phi) is 3.92. The van der Waals surface area contributed by atoms with E-state index in [1.165, 1.54) is 14.2 Å². The first-order valence-corrected chi connectivity index (χ1v) is 5.85. The zero-order chi connectivity index (χ0) is 13.8. The van der Waals surface area contributed by atoms with E-state index in [9.17, 15) is 10.2 Å². The van der Waals surface area contributed by atoms with E-state index in [1.807, 2.05) is 30.3 Å². The van der Waals surface area contributed by atoms with Crippen molar-refractivity contribution in [3.8, 4) is 17.2 Å². The average Bonchev–Trinajstić information content (AvgIpc) is 2.47. The van der Waals surface area contributed by atoms with Crippen molar-refractivity contribution in [2.24, 2.45) is 0 Å². The molecule has 0 heterocycles. The maximum Gasteiger partial charge on any atom is 0.200 e. The highest BCUT2D eigenvalue weighted by Crippen LogP contribution is 2.39. The first-order chi connectivity index (χ1) is 9.17. The van der Waals surface area contributed by atoms with Gasteiger partial charge in [-0.15, -0.1) is 0 Å². The molecule has 0 aliphatic rings. The number of aliphatic hydroxyl groups excluding tert-OH is 1. The van der Waals surface area contributed by atoms with Gasteiger partial charge in [0.25, 0.3) is 0 Å². The molecular formula is C15H16O4. The molecule has 4 heteroatoms. The number of aromatic hydroxyl groups is 1. The second-order valence-electron chi connectivity index (χ2n) is 4.09. The van der Waals surface area contributed by atoms with E-state index in [0.717, 1.165) is 5.56 Å². The molecule has 0 saturated heterocycles. The van der Waals surface area contributed by atoms with Crippen LogP contribution in [0, 0.1) is 0 Å². The van der Waals surface area contributed by atoms with Crippen molar-refractivity contribution >= 4 is 0 Å². The molecule has 0 saturated carbocycles. The number of rotatable bonds is 4. The minimum absolute atomic E-state index is 0.0750. The Morgan fingerprint density at radius 3 is 1.89 bits per heavy atom. The highest BCUT2D eigenvalue weighted by Gasteiger charge is 2.17. The molecule has 0 amide bonds. The van der Waals surface area contributed by atoms with Gasteiger partial charge in [-0.3, -0.25) is 0 Å². The van der Waals surface area contributed by atoms with Crippen LogP contribution in [-0.4, -0.2) is 24.4 Å². The SMILES string of the molecule is COc1cc([C@@H](O)c2ccccc2)cc(OC)c1O. The zero-order valence-corrected chi connectivity index (χ0v) is 10.8.